The molecule has 4 heterocycles. The van der Waals surface area contributed by atoms with E-state index in [-0.39, 0.29) is 110 Å². The number of phenolic OH excluding ortho intramolecular Hbond substituents is 2. The van der Waals surface area contributed by atoms with Gasteiger partial charge < -0.3 is 38.9 Å². The largest absolute Gasteiger partial charge is 0.508 e. The second-order valence-electron chi connectivity index (χ2n) is 15.7. The van der Waals surface area contributed by atoms with Gasteiger partial charge in [0.2, 0.25) is 0 Å². The highest BCUT2D eigenvalue weighted by atomic mass is 16.7. The molecule has 20 heteroatoms. The summed E-state index contributed by atoms with van der Waals surface area (Å²) in [5.74, 6) is -7.48. The number of fused-ring (bicyclic) bond motifs is 4. The van der Waals surface area contributed by atoms with Gasteiger partial charge in [-0.1, -0.05) is 6.07 Å². The number of carboxylic acid groups (broad SMARTS) is 2. The zero-order chi connectivity index (χ0) is 49.7. The predicted octanol–water partition coefficient (Wildman–Crippen LogP) is 6.38. The van der Waals surface area contributed by atoms with Crippen molar-refractivity contribution in [2.75, 3.05) is 0 Å². The van der Waals surface area contributed by atoms with E-state index < -0.39 is 47.5 Å². The van der Waals surface area contributed by atoms with Gasteiger partial charge in [-0.15, -0.1) is 10.1 Å². The average Bonchev–Trinajstić information content (AvgIpc) is 3.82. The summed E-state index contributed by atoms with van der Waals surface area (Å²) in [4.78, 5) is 132. The van der Waals surface area contributed by atoms with Crippen LogP contribution in [0.5, 0.6) is 11.5 Å². The van der Waals surface area contributed by atoms with Gasteiger partial charge >= 0.3 is 23.9 Å². The predicted molar refractivity (Wildman–Crippen MR) is 239 cm³/mol. The molecule has 0 atom stereocenters. The molecule has 4 N–H and O–H groups in total. The molecule has 348 valence electrons. The molecule has 4 aromatic rings. The Hall–Kier alpha value is -9.98. The van der Waals surface area contributed by atoms with Crippen LogP contribution in [0, 0.1) is 0 Å². The minimum atomic E-state index is -1.36. The number of amides is 4. The average molecular weight is 947 g/mol. The smallest absolute Gasteiger partial charge is 0.364 e. The number of rotatable bonds is 8. The summed E-state index contributed by atoms with van der Waals surface area (Å²) in [7, 11) is 0. The van der Waals surface area contributed by atoms with Crippen molar-refractivity contribution in [3.8, 4) is 56.4 Å². The molecule has 20 nitrogen and oxygen atoms in total. The zero-order valence-corrected chi connectivity index (χ0v) is 35.6. The molecule has 4 amide bonds. The summed E-state index contributed by atoms with van der Waals surface area (Å²) in [6, 6.07) is 23.8. The lowest BCUT2D eigenvalue weighted by atomic mass is 9.87. The molecule has 2 fully saturated rings. The Morgan fingerprint density at radius 2 is 0.929 bits per heavy atom. The quantitative estimate of drug-likeness (QED) is 0.0948. The minimum absolute atomic E-state index is 0.0702. The molecule has 0 spiro atoms. The maximum atomic E-state index is 13.2. The molecule has 70 heavy (non-hydrogen) atoms. The summed E-state index contributed by atoms with van der Waals surface area (Å²) in [6.45, 7) is 0. The van der Waals surface area contributed by atoms with Crippen LogP contribution in [0.3, 0.4) is 0 Å². The number of aromatic carboxylic acids is 2. The molecule has 4 aliphatic heterocycles. The first-order valence-corrected chi connectivity index (χ1v) is 20.8. The molecule has 2 aliphatic carbocycles. The fraction of sp³-hybridized carbons (Fsp3) is 0.0800. The topological polar surface area (TPSA) is 303 Å². The molecule has 2 saturated heterocycles. The van der Waals surface area contributed by atoms with Crippen LogP contribution in [0.15, 0.2) is 128 Å². The van der Waals surface area contributed by atoms with Crippen molar-refractivity contribution in [2.45, 2.75) is 25.7 Å². The van der Waals surface area contributed by atoms with E-state index in [1.54, 1.807) is 0 Å². The van der Waals surface area contributed by atoms with E-state index in [1.807, 2.05) is 0 Å². The van der Waals surface area contributed by atoms with Gasteiger partial charge in [0.15, 0.2) is 10.9 Å². The Bertz CT molecular complexity index is 3650. The number of carbonyl (C=O) groups is 8. The second-order valence-corrected chi connectivity index (χ2v) is 15.7. The number of nitrogens with zero attached hydrogens (tertiary/aromatic N) is 2. The van der Waals surface area contributed by atoms with Crippen molar-refractivity contribution in [2.24, 2.45) is 0 Å². The van der Waals surface area contributed by atoms with E-state index >= 15 is 0 Å². The zero-order valence-electron chi connectivity index (χ0n) is 35.6. The molecule has 0 unspecified atom stereocenters. The lowest BCUT2D eigenvalue weighted by Gasteiger charge is -2.20. The number of aromatic hydroxyl groups is 2. The van der Waals surface area contributed by atoms with Crippen LogP contribution < -0.4 is 10.9 Å². The summed E-state index contributed by atoms with van der Waals surface area (Å²) in [5, 5.41) is 41.2. The van der Waals surface area contributed by atoms with E-state index in [2.05, 4.69) is 0 Å². The van der Waals surface area contributed by atoms with Crippen LogP contribution in [-0.4, -0.2) is 78.1 Å². The lowest BCUT2D eigenvalue weighted by Crippen LogP contribution is -2.32. The summed E-state index contributed by atoms with van der Waals surface area (Å²) in [6.07, 6.45) is -0.361. The first-order chi connectivity index (χ1) is 33.5. The second kappa shape index (κ2) is 17.7. The molecule has 4 aromatic carbocycles. The highest BCUT2D eigenvalue weighted by Gasteiger charge is 2.36. The fourth-order valence-corrected chi connectivity index (χ4v) is 8.10. The van der Waals surface area contributed by atoms with Crippen molar-refractivity contribution < 1.29 is 77.3 Å². The number of phenols is 2. The van der Waals surface area contributed by atoms with E-state index in [4.69, 9.17) is 18.5 Å². The Morgan fingerprint density at radius 1 is 0.457 bits per heavy atom. The van der Waals surface area contributed by atoms with E-state index in [9.17, 15) is 68.4 Å². The first-order valence-electron chi connectivity index (χ1n) is 20.8. The highest BCUT2D eigenvalue weighted by Crippen LogP contribution is 2.45. The van der Waals surface area contributed by atoms with Crippen molar-refractivity contribution in [3.63, 3.8) is 0 Å². The Balaban J connectivity index is 0.000000174. The van der Waals surface area contributed by atoms with Crippen molar-refractivity contribution >= 4 is 69.4 Å². The van der Waals surface area contributed by atoms with Crippen LogP contribution in [0.1, 0.15) is 67.1 Å². The van der Waals surface area contributed by atoms with Gasteiger partial charge in [0.05, 0.1) is 22.3 Å². The fourth-order valence-electron chi connectivity index (χ4n) is 8.10. The molecular formula is C50H30N2O18. The number of carboxylic acids is 2. The van der Waals surface area contributed by atoms with E-state index in [1.165, 1.54) is 109 Å². The Labute approximate surface area is 389 Å². The molecule has 6 aliphatic rings. The van der Waals surface area contributed by atoms with Gasteiger partial charge in [-0.2, -0.15) is 0 Å². The van der Waals surface area contributed by atoms with Gasteiger partial charge in [-0.05, 0) is 84.4 Å². The number of hydroxylamine groups is 4. The maximum absolute atomic E-state index is 13.2. The molecule has 0 aromatic heterocycles. The summed E-state index contributed by atoms with van der Waals surface area (Å²) < 4.78 is 11.6. The Kier molecular flexibility index (Phi) is 11.4. The molecular weight excluding hydrogens is 917 g/mol. The summed E-state index contributed by atoms with van der Waals surface area (Å²) >= 11 is 0. The third kappa shape index (κ3) is 8.27. The number of benzene rings is 6. The summed E-state index contributed by atoms with van der Waals surface area (Å²) in [5.41, 5.74) is 0.107. The van der Waals surface area contributed by atoms with E-state index in [0.717, 1.165) is 0 Å². The SMILES string of the molecule is O=C(O)c1cccc(C(=O)ON2C(=O)CCC2=O)c1-c1c2ccc(=O)cc-2oc2cc(O)ccc12.O=C(ON1C(=O)CCC1=O)c1ccc(C(=O)O)c(-c2c3ccc(=O)cc-3oc3cc(O)ccc23)c1. The number of carbonyl (C=O) groups excluding carboxylic acids is 6. The maximum Gasteiger partial charge on any atom is 0.364 e. The van der Waals surface area contributed by atoms with E-state index in [0.29, 0.717) is 37.6 Å². The number of hydrogen-bond donors (Lipinski definition) is 4. The van der Waals surface area contributed by atoms with Gasteiger partial charge in [-0.3, -0.25) is 28.8 Å². The number of imide groups is 2. The normalized spacial score (nSPS) is 13.5. The van der Waals surface area contributed by atoms with Crippen LogP contribution in [-0.2, 0) is 28.9 Å². The van der Waals surface area contributed by atoms with Gasteiger partial charge in [0.1, 0.15) is 34.2 Å². The van der Waals surface area contributed by atoms with Crippen molar-refractivity contribution in [1.29, 1.82) is 0 Å². The third-order valence-corrected chi connectivity index (χ3v) is 11.2. The van der Waals surface area contributed by atoms with Crippen LogP contribution in [0.4, 0.5) is 0 Å². The lowest BCUT2D eigenvalue weighted by molar-refractivity contribution is -0.173. The molecule has 0 bridgehead atoms. The first kappa shape index (κ1) is 45.2. The minimum Gasteiger partial charge on any atom is -0.508 e. The van der Waals surface area contributed by atoms with Crippen LogP contribution in [0.2, 0.25) is 0 Å². The Morgan fingerprint density at radius 3 is 1.44 bits per heavy atom. The van der Waals surface area contributed by atoms with Crippen LogP contribution >= 0.6 is 0 Å². The third-order valence-electron chi connectivity index (χ3n) is 11.2. The standard InChI is InChI=1S/2C25H15NO9/c27-13-2-5-16-19(10-13)34-20-11-14(28)3-6-17(20)23(16)18-9-12(1-4-15(18)24(31)32)25(33)35-26-21(29)7-8-22(26)30;27-12-4-6-14-18(10-12)34-19-11-13(28)5-7-15(19)22(14)23-16(24(31)32)2-1-3-17(23)25(33)35-26-20(29)8-9-21(26)30/h1-6,9-11,27H,7-8H2,(H,31,32);1-7,10-11,27H,8-9H2,(H,31,32). The van der Waals surface area contributed by atoms with Gasteiger partial charge in [0.25, 0.3) is 23.6 Å². The van der Waals surface area contributed by atoms with Crippen LogP contribution in [0.25, 0.3) is 66.8 Å². The molecule has 10 rings (SSSR count). The molecule has 0 saturated carbocycles. The highest BCUT2D eigenvalue weighted by molar-refractivity contribution is 6.14. The van der Waals surface area contributed by atoms with Gasteiger partial charge in [0, 0.05) is 88.5 Å². The monoisotopic (exact) mass is 946 g/mol. The van der Waals surface area contributed by atoms with Crippen molar-refractivity contribution in [1.82, 2.24) is 10.1 Å². The van der Waals surface area contributed by atoms with Gasteiger partial charge in [-0.25, -0.2) is 19.2 Å². The number of hydrogen-bond acceptors (Lipinski definition) is 16. The molecule has 0 radical (unpaired) electrons. The van der Waals surface area contributed by atoms with Crippen molar-refractivity contribution in [3.05, 3.63) is 152 Å².